The summed E-state index contributed by atoms with van der Waals surface area (Å²) in [5, 5.41) is 0. The molecule has 4 nitrogen and oxygen atoms in total. The Labute approximate surface area is 105 Å². The van der Waals surface area contributed by atoms with Crippen LogP contribution in [0.3, 0.4) is 0 Å². The van der Waals surface area contributed by atoms with E-state index in [1.165, 1.54) is 0 Å². The topological polar surface area (TPSA) is 49.6 Å². The molecule has 1 aliphatic rings. The minimum absolute atomic E-state index is 0.147. The Bertz CT molecular complexity index is 245. The molecular formula is C13H27N3O. The van der Waals surface area contributed by atoms with E-state index in [4.69, 9.17) is 5.73 Å². The summed E-state index contributed by atoms with van der Waals surface area (Å²) in [6, 6.07) is 0.0235. The molecule has 100 valence electrons. The zero-order chi connectivity index (χ0) is 12.8. The minimum atomic E-state index is -0.308. The first-order valence-electron chi connectivity index (χ1n) is 6.84. The summed E-state index contributed by atoms with van der Waals surface area (Å²) in [5.41, 5.74) is 5.96. The third-order valence-electron chi connectivity index (χ3n) is 3.57. The molecule has 2 N–H and O–H groups in total. The van der Waals surface area contributed by atoms with E-state index in [9.17, 15) is 4.79 Å². The van der Waals surface area contributed by atoms with Crippen LogP contribution in [0.15, 0.2) is 0 Å². The fraction of sp³-hybridized carbons (Fsp3) is 0.923. The first kappa shape index (κ1) is 14.5. The molecular weight excluding hydrogens is 214 g/mol. The second-order valence-electron chi connectivity index (χ2n) is 5.10. The molecule has 17 heavy (non-hydrogen) atoms. The van der Waals surface area contributed by atoms with Crippen LogP contribution in [0, 0.1) is 0 Å². The Morgan fingerprint density at radius 1 is 1.41 bits per heavy atom. The van der Waals surface area contributed by atoms with Crippen molar-refractivity contribution in [2.45, 2.75) is 51.6 Å². The maximum atomic E-state index is 12.3. The van der Waals surface area contributed by atoms with E-state index in [1.54, 1.807) is 0 Å². The molecule has 1 fully saturated rings. The number of hydrogen-bond acceptors (Lipinski definition) is 3. The average Bonchev–Trinajstić information content (AvgIpc) is 2.49. The Morgan fingerprint density at radius 3 is 2.71 bits per heavy atom. The van der Waals surface area contributed by atoms with Crippen LogP contribution >= 0.6 is 0 Å². The highest BCUT2D eigenvalue weighted by Gasteiger charge is 2.28. The number of amides is 1. The SMILES string of the molecule is CCC[C@@H](N)C(=O)N1CCCN(C)CC1CC. The normalized spacial score (nSPS) is 24.5. The highest BCUT2D eigenvalue weighted by atomic mass is 16.2. The number of carbonyl (C=O) groups is 1. The molecule has 0 aliphatic carbocycles. The molecule has 1 heterocycles. The minimum Gasteiger partial charge on any atom is -0.337 e. The first-order chi connectivity index (χ1) is 8.10. The fourth-order valence-corrected chi connectivity index (χ4v) is 2.53. The Balaban J connectivity index is 2.67. The van der Waals surface area contributed by atoms with Crippen molar-refractivity contribution >= 4 is 5.91 Å². The van der Waals surface area contributed by atoms with Crippen LogP contribution in [-0.4, -0.2) is 54.5 Å². The number of hydrogen-bond donors (Lipinski definition) is 1. The van der Waals surface area contributed by atoms with Crippen molar-refractivity contribution in [2.24, 2.45) is 5.73 Å². The van der Waals surface area contributed by atoms with Crippen molar-refractivity contribution < 1.29 is 4.79 Å². The second kappa shape index (κ2) is 6.97. The van der Waals surface area contributed by atoms with Crippen LogP contribution in [0.5, 0.6) is 0 Å². The lowest BCUT2D eigenvalue weighted by molar-refractivity contribution is -0.135. The summed E-state index contributed by atoms with van der Waals surface area (Å²) in [6.45, 7) is 7.12. The van der Waals surface area contributed by atoms with Gasteiger partial charge in [0, 0.05) is 19.1 Å². The van der Waals surface area contributed by atoms with Gasteiger partial charge in [0.2, 0.25) is 5.91 Å². The molecule has 0 radical (unpaired) electrons. The molecule has 0 aromatic rings. The van der Waals surface area contributed by atoms with Gasteiger partial charge in [-0.3, -0.25) is 4.79 Å². The molecule has 4 heteroatoms. The predicted octanol–water partition coefficient (Wildman–Crippen LogP) is 1.06. The summed E-state index contributed by atoms with van der Waals surface area (Å²) in [5.74, 6) is 0.147. The molecule has 0 aromatic heterocycles. The van der Waals surface area contributed by atoms with E-state index >= 15 is 0 Å². The van der Waals surface area contributed by atoms with Crippen molar-refractivity contribution in [3.05, 3.63) is 0 Å². The average molecular weight is 241 g/mol. The van der Waals surface area contributed by atoms with Gasteiger partial charge in [0.15, 0.2) is 0 Å². The van der Waals surface area contributed by atoms with Gasteiger partial charge in [0.05, 0.1) is 6.04 Å². The highest BCUT2D eigenvalue weighted by Crippen LogP contribution is 2.14. The van der Waals surface area contributed by atoms with E-state index in [1.807, 2.05) is 4.90 Å². The summed E-state index contributed by atoms with van der Waals surface area (Å²) in [7, 11) is 2.13. The predicted molar refractivity (Wildman–Crippen MR) is 70.8 cm³/mol. The second-order valence-corrected chi connectivity index (χ2v) is 5.10. The monoisotopic (exact) mass is 241 g/mol. The van der Waals surface area contributed by atoms with Gasteiger partial charge in [-0.2, -0.15) is 0 Å². The largest absolute Gasteiger partial charge is 0.337 e. The summed E-state index contributed by atoms with van der Waals surface area (Å²) >= 11 is 0. The maximum Gasteiger partial charge on any atom is 0.239 e. The van der Waals surface area contributed by atoms with Crippen LogP contribution < -0.4 is 5.73 Å². The van der Waals surface area contributed by atoms with E-state index in [2.05, 4.69) is 25.8 Å². The molecule has 2 atom stereocenters. The van der Waals surface area contributed by atoms with Crippen LogP contribution in [0.2, 0.25) is 0 Å². The van der Waals surface area contributed by atoms with Crippen molar-refractivity contribution in [3.8, 4) is 0 Å². The Kier molecular flexibility index (Phi) is 5.92. The first-order valence-corrected chi connectivity index (χ1v) is 6.84. The van der Waals surface area contributed by atoms with Gasteiger partial charge < -0.3 is 15.5 Å². The lowest BCUT2D eigenvalue weighted by Gasteiger charge is -2.32. The van der Waals surface area contributed by atoms with Crippen LogP contribution in [0.25, 0.3) is 0 Å². The summed E-state index contributed by atoms with van der Waals surface area (Å²) in [6.07, 6.45) is 3.82. The number of likely N-dealkylation sites (N-methyl/N-ethyl adjacent to an activating group) is 1. The van der Waals surface area contributed by atoms with E-state index in [-0.39, 0.29) is 11.9 Å². The molecule has 0 aromatic carbocycles. The molecule has 0 spiro atoms. The quantitative estimate of drug-likeness (QED) is 0.800. The standard InChI is InChI=1S/C13H27N3O/c1-4-7-12(14)13(17)16-9-6-8-15(3)10-11(16)5-2/h11-12H,4-10,14H2,1-3H3/t11?,12-/m1/s1. The third-order valence-corrected chi connectivity index (χ3v) is 3.57. The Hall–Kier alpha value is -0.610. The van der Waals surface area contributed by atoms with Crippen LogP contribution in [0.4, 0.5) is 0 Å². The van der Waals surface area contributed by atoms with E-state index in [0.717, 1.165) is 45.3 Å². The number of rotatable bonds is 4. The third kappa shape index (κ3) is 3.96. The van der Waals surface area contributed by atoms with Gasteiger partial charge in [-0.15, -0.1) is 0 Å². The lowest BCUT2D eigenvalue weighted by Crippen LogP contribution is -2.50. The number of nitrogens with zero attached hydrogens (tertiary/aromatic N) is 2. The van der Waals surface area contributed by atoms with Crippen LogP contribution in [-0.2, 0) is 4.79 Å². The zero-order valence-corrected chi connectivity index (χ0v) is 11.5. The van der Waals surface area contributed by atoms with Gasteiger partial charge in [0.1, 0.15) is 0 Å². The van der Waals surface area contributed by atoms with E-state index < -0.39 is 0 Å². The van der Waals surface area contributed by atoms with E-state index in [0.29, 0.717) is 6.04 Å². The van der Waals surface area contributed by atoms with Gasteiger partial charge >= 0.3 is 0 Å². The van der Waals surface area contributed by atoms with Crippen molar-refractivity contribution in [2.75, 3.05) is 26.7 Å². The molecule has 1 unspecified atom stereocenters. The fourth-order valence-electron chi connectivity index (χ4n) is 2.53. The van der Waals surface area contributed by atoms with Crippen molar-refractivity contribution in [3.63, 3.8) is 0 Å². The van der Waals surface area contributed by atoms with Gasteiger partial charge in [-0.25, -0.2) is 0 Å². The maximum absolute atomic E-state index is 12.3. The molecule has 0 bridgehead atoms. The molecule has 1 rings (SSSR count). The van der Waals surface area contributed by atoms with Crippen molar-refractivity contribution in [1.82, 2.24) is 9.80 Å². The number of carbonyl (C=O) groups excluding carboxylic acids is 1. The highest BCUT2D eigenvalue weighted by molar-refractivity contribution is 5.82. The molecule has 1 aliphatic heterocycles. The Morgan fingerprint density at radius 2 is 2.12 bits per heavy atom. The summed E-state index contributed by atoms with van der Waals surface area (Å²) < 4.78 is 0. The van der Waals surface area contributed by atoms with Crippen molar-refractivity contribution in [1.29, 1.82) is 0 Å². The molecule has 0 saturated carbocycles. The zero-order valence-electron chi connectivity index (χ0n) is 11.5. The molecule has 1 saturated heterocycles. The molecule has 1 amide bonds. The smallest absolute Gasteiger partial charge is 0.239 e. The van der Waals surface area contributed by atoms with Crippen LogP contribution in [0.1, 0.15) is 39.5 Å². The van der Waals surface area contributed by atoms with Gasteiger partial charge in [0.25, 0.3) is 0 Å². The summed E-state index contributed by atoms with van der Waals surface area (Å²) in [4.78, 5) is 16.6. The van der Waals surface area contributed by atoms with Gasteiger partial charge in [-0.05, 0) is 32.9 Å². The lowest BCUT2D eigenvalue weighted by atomic mass is 10.1. The number of nitrogens with two attached hydrogens (primary N) is 1. The van der Waals surface area contributed by atoms with Gasteiger partial charge in [-0.1, -0.05) is 20.3 Å².